The zero-order chi connectivity index (χ0) is 19.0. The molecule has 2 heterocycles. The molecule has 2 aliphatic rings. The van der Waals surface area contributed by atoms with E-state index in [9.17, 15) is 19.8 Å². The van der Waals surface area contributed by atoms with Crippen LogP contribution in [0, 0.1) is 0 Å². The van der Waals surface area contributed by atoms with Crippen molar-refractivity contribution >= 4 is 27.9 Å². The molecule has 25 heavy (non-hydrogen) atoms. The maximum absolute atomic E-state index is 12.4. The van der Waals surface area contributed by atoms with Crippen molar-refractivity contribution in [3.05, 3.63) is 10.4 Å². The maximum Gasteiger partial charge on any atom is 0.328 e. The van der Waals surface area contributed by atoms with E-state index in [-0.39, 0.29) is 12.5 Å². The molecule has 2 saturated heterocycles. The summed E-state index contributed by atoms with van der Waals surface area (Å²) in [7, 11) is 0. The van der Waals surface area contributed by atoms with E-state index >= 15 is 0 Å². The van der Waals surface area contributed by atoms with Crippen molar-refractivity contribution in [3.63, 3.8) is 0 Å². The molecule has 140 valence electrons. The SMILES string of the molecule is CC(C)OC1N([C@H]2C[C@@](O)(N=[N+]=[N-])[C@@H](CO)O2)C(=O)NC(=O)C1(C)Br. The van der Waals surface area contributed by atoms with E-state index in [0.717, 1.165) is 4.90 Å². The average Bonchev–Trinajstić information content (AvgIpc) is 2.81. The summed E-state index contributed by atoms with van der Waals surface area (Å²) in [6.07, 6.45) is -3.97. The Morgan fingerprint density at radius 3 is 2.76 bits per heavy atom. The van der Waals surface area contributed by atoms with Crippen LogP contribution >= 0.6 is 15.9 Å². The molecule has 11 nitrogen and oxygen atoms in total. The molecule has 0 bridgehead atoms. The second-order valence-electron chi connectivity index (χ2n) is 6.31. The van der Waals surface area contributed by atoms with Gasteiger partial charge in [0.25, 0.3) is 0 Å². The number of urea groups is 1. The molecule has 12 heteroatoms. The third-order valence-electron chi connectivity index (χ3n) is 4.02. The molecule has 2 rings (SSSR count). The fourth-order valence-corrected chi connectivity index (χ4v) is 3.20. The van der Waals surface area contributed by atoms with E-state index < -0.39 is 47.2 Å². The van der Waals surface area contributed by atoms with Gasteiger partial charge in [-0.25, -0.2) is 4.79 Å². The first-order valence-corrected chi connectivity index (χ1v) is 8.39. The fraction of sp³-hybridized carbons (Fsp3) is 0.846. The van der Waals surface area contributed by atoms with E-state index in [2.05, 4.69) is 31.3 Å². The van der Waals surface area contributed by atoms with E-state index in [1.807, 2.05) is 0 Å². The Bertz CT molecular complexity index is 610. The topological polar surface area (TPSA) is 157 Å². The molecular formula is C13H20BrN5O6. The highest BCUT2D eigenvalue weighted by molar-refractivity contribution is 9.10. The van der Waals surface area contributed by atoms with Crippen molar-refractivity contribution in [1.82, 2.24) is 10.2 Å². The molecule has 5 atom stereocenters. The van der Waals surface area contributed by atoms with Crippen molar-refractivity contribution in [2.45, 2.75) is 61.9 Å². The van der Waals surface area contributed by atoms with Crippen LogP contribution in [0.15, 0.2) is 5.11 Å². The number of rotatable bonds is 5. The predicted octanol–water partition coefficient (Wildman–Crippen LogP) is 0.549. The smallest absolute Gasteiger partial charge is 0.328 e. The van der Waals surface area contributed by atoms with Crippen molar-refractivity contribution < 1.29 is 29.3 Å². The van der Waals surface area contributed by atoms with Crippen LogP contribution in [0.3, 0.4) is 0 Å². The Morgan fingerprint density at radius 2 is 2.24 bits per heavy atom. The van der Waals surface area contributed by atoms with Crippen LogP contribution in [0.1, 0.15) is 27.2 Å². The van der Waals surface area contributed by atoms with Gasteiger partial charge in [-0.3, -0.25) is 15.0 Å². The van der Waals surface area contributed by atoms with Gasteiger partial charge in [-0.1, -0.05) is 21.0 Å². The van der Waals surface area contributed by atoms with Gasteiger partial charge >= 0.3 is 6.03 Å². The summed E-state index contributed by atoms with van der Waals surface area (Å²) in [5.41, 5.74) is 6.61. The number of halogens is 1. The molecule has 0 saturated carbocycles. The van der Waals surface area contributed by atoms with Gasteiger partial charge in [-0.15, -0.1) is 0 Å². The van der Waals surface area contributed by atoms with Gasteiger partial charge in [0.2, 0.25) is 5.91 Å². The molecule has 3 N–H and O–H groups in total. The minimum atomic E-state index is -2.03. The molecule has 0 spiro atoms. The Morgan fingerprint density at radius 1 is 1.60 bits per heavy atom. The lowest BCUT2D eigenvalue weighted by atomic mass is 10.0. The Kier molecular flexibility index (Phi) is 5.62. The number of imide groups is 1. The second-order valence-corrected chi connectivity index (χ2v) is 7.96. The Hall–Kier alpha value is -1.43. The van der Waals surface area contributed by atoms with Crippen LogP contribution in [0.4, 0.5) is 4.79 Å². The summed E-state index contributed by atoms with van der Waals surface area (Å²) in [5.74, 6) is -0.582. The quantitative estimate of drug-likeness (QED) is 0.254. The van der Waals surface area contributed by atoms with Gasteiger partial charge in [0.1, 0.15) is 16.7 Å². The highest BCUT2D eigenvalue weighted by Crippen LogP contribution is 2.39. The highest BCUT2D eigenvalue weighted by Gasteiger charge is 2.57. The third-order valence-corrected chi connectivity index (χ3v) is 4.77. The molecule has 0 aromatic carbocycles. The number of azide groups is 1. The number of hydrogen-bond acceptors (Lipinski definition) is 7. The normalized spacial score (nSPS) is 38.7. The average molecular weight is 422 g/mol. The van der Waals surface area contributed by atoms with E-state index in [1.165, 1.54) is 6.92 Å². The van der Waals surface area contributed by atoms with Crippen LogP contribution in [0.25, 0.3) is 10.4 Å². The Labute approximate surface area is 152 Å². The minimum Gasteiger partial charge on any atom is -0.394 e. The van der Waals surface area contributed by atoms with Gasteiger partial charge in [0.15, 0.2) is 12.0 Å². The molecule has 2 aliphatic heterocycles. The third kappa shape index (κ3) is 3.59. The number of nitrogens with zero attached hydrogens (tertiary/aromatic N) is 4. The summed E-state index contributed by atoms with van der Waals surface area (Å²) in [4.78, 5) is 28.2. The lowest BCUT2D eigenvalue weighted by molar-refractivity contribution is -0.169. The highest BCUT2D eigenvalue weighted by atomic mass is 79.9. The lowest BCUT2D eigenvalue weighted by Gasteiger charge is -2.45. The van der Waals surface area contributed by atoms with E-state index in [4.69, 9.17) is 15.0 Å². The number of aliphatic hydroxyl groups excluding tert-OH is 1. The van der Waals surface area contributed by atoms with E-state index in [0.29, 0.717) is 0 Å². The number of ether oxygens (including phenoxy) is 2. The summed E-state index contributed by atoms with van der Waals surface area (Å²) in [6, 6.07) is -0.778. The van der Waals surface area contributed by atoms with Gasteiger partial charge in [-0.2, -0.15) is 0 Å². The van der Waals surface area contributed by atoms with Crippen molar-refractivity contribution in [2.75, 3.05) is 6.61 Å². The molecule has 2 fully saturated rings. The first-order valence-electron chi connectivity index (χ1n) is 7.60. The molecule has 0 radical (unpaired) electrons. The van der Waals surface area contributed by atoms with Gasteiger partial charge in [0.05, 0.1) is 12.7 Å². The molecule has 2 unspecified atom stereocenters. The molecule has 3 amide bonds. The summed E-state index contributed by atoms with van der Waals surface area (Å²) in [5, 5.41) is 25.3. The lowest BCUT2D eigenvalue weighted by Crippen LogP contribution is -2.69. The van der Waals surface area contributed by atoms with Crippen LogP contribution in [-0.2, 0) is 14.3 Å². The first-order chi connectivity index (χ1) is 11.6. The number of amides is 3. The van der Waals surface area contributed by atoms with E-state index in [1.54, 1.807) is 13.8 Å². The Balaban J connectivity index is 2.38. The zero-order valence-electron chi connectivity index (χ0n) is 13.9. The number of alkyl halides is 1. The largest absolute Gasteiger partial charge is 0.394 e. The first kappa shape index (κ1) is 19.9. The van der Waals surface area contributed by atoms with Crippen molar-refractivity contribution in [1.29, 1.82) is 0 Å². The summed E-state index contributed by atoms with van der Waals surface area (Å²) >= 11 is 3.28. The number of carbonyl (C=O) groups excluding carboxylic acids is 2. The zero-order valence-corrected chi connectivity index (χ0v) is 15.5. The number of hydrogen-bond donors (Lipinski definition) is 3. The molecule has 0 aromatic heterocycles. The van der Waals surface area contributed by atoms with Gasteiger partial charge in [0, 0.05) is 11.3 Å². The summed E-state index contributed by atoms with van der Waals surface area (Å²) in [6.45, 7) is 4.38. The minimum absolute atomic E-state index is 0.287. The number of nitrogens with one attached hydrogen (secondary N) is 1. The summed E-state index contributed by atoms with van der Waals surface area (Å²) < 4.78 is 9.98. The van der Waals surface area contributed by atoms with Crippen molar-refractivity contribution in [3.8, 4) is 0 Å². The molecule has 0 aliphatic carbocycles. The van der Waals surface area contributed by atoms with Crippen LogP contribution < -0.4 is 5.32 Å². The van der Waals surface area contributed by atoms with Crippen LogP contribution in [0.2, 0.25) is 0 Å². The van der Waals surface area contributed by atoms with Gasteiger partial charge in [-0.05, 0) is 26.3 Å². The second kappa shape index (κ2) is 7.06. The van der Waals surface area contributed by atoms with Gasteiger partial charge < -0.3 is 19.7 Å². The standard InChI is InChI=1S/C13H20BrN5O6/c1-6(2)24-10-12(3,14)9(21)16-11(22)19(10)8-4-13(23,17-18-15)7(5-20)25-8/h6-8,10,20,23H,4-5H2,1-3H3,(H,16,21,22)/t7-,8-,10?,12?,13+/m1/s1. The fourth-order valence-electron chi connectivity index (χ4n) is 2.77. The molecular weight excluding hydrogens is 402 g/mol. The number of carbonyl (C=O) groups is 2. The van der Waals surface area contributed by atoms with Crippen molar-refractivity contribution in [2.24, 2.45) is 5.11 Å². The number of aliphatic hydroxyl groups is 2. The van der Waals surface area contributed by atoms with Crippen LogP contribution in [-0.4, -0.2) is 68.4 Å². The molecule has 0 aromatic rings. The monoisotopic (exact) mass is 421 g/mol. The van der Waals surface area contributed by atoms with Crippen LogP contribution in [0.5, 0.6) is 0 Å². The predicted molar refractivity (Wildman–Crippen MR) is 87.2 cm³/mol. The maximum atomic E-state index is 12.4.